The number of fused-ring (bicyclic) bond motifs is 1. The van der Waals surface area contributed by atoms with Gasteiger partial charge in [-0.05, 0) is 25.5 Å². The molecule has 3 heterocycles. The summed E-state index contributed by atoms with van der Waals surface area (Å²) < 4.78 is 26.8. The number of carbonyl (C=O) groups is 1. The van der Waals surface area contributed by atoms with Gasteiger partial charge in [0, 0.05) is 42.9 Å². The van der Waals surface area contributed by atoms with Crippen LogP contribution in [0.5, 0.6) is 0 Å². The van der Waals surface area contributed by atoms with Gasteiger partial charge in [-0.2, -0.15) is 0 Å². The minimum Gasteiger partial charge on any atom is -0.336 e. The van der Waals surface area contributed by atoms with Gasteiger partial charge in [0.1, 0.15) is 5.65 Å². The van der Waals surface area contributed by atoms with E-state index in [4.69, 9.17) is 0 Å². The van der Waals surface area contributed by atoms with E-state index in [1.807, 2.05) is 10.6 Å². The van der Waals surface area contributed by atoms with Crippen LogP contribution in [-0.2, 0) is 0 Å². The first-order chi connectivity index (χ1) is 11.1. The first-order valence-corrected chi connectivity index (χ1v) is 7.61. The van der Waals surface area contributed by atoms with Crippen molar-refractivity contribution in [2.24, 2.45) is 0 Å². The molecule has 0 spiro atoms. The molecule has 2 N–H and O–H groups in total. The topological polar surface area (TPSA) is 61.7 Å². The molecule has 124 valence electrons. The number of alkyl halides is 2. The van der Waals surface area contributed by atoms with Crippen LogP contribution in [-0.4, -0.2) is 52.4 Å². The van der Waals surface area contributed by atoms with Crippen LogP contribution < -0.4 is 10.6 Å². The molecule has 0 radical (unpaired) electrons. The van der Waals surface area contributed by atoms with Crippen molar-refractivity contribution < 1.29 is 13.6 Å². The Hall–Kier alpha value is -2.22. The molecule has 1 atom stereocenters. The third-order valence-corrected chi connectivity index (χ3v) is 4.03. The van der Waals surface area contributed by atoms with E-state index in [2.05, 4.69) is 15.6 Å². The molecule has 2 aromatic heterocycles. The zero-order valence-corrected chi connectivity index (χ0v) is 12.6. The van der Waals surface area contributed by atoms with Crippen LogP contribution in [0.15, 0.2) is 30.7 Å². The molecule has 1 fully saturated rings. The molecular formula is C15H19F2N5O. The fourth-order valence-electron chi connectivity index (χ4n) is 2.92. The second-order valence-corrected chi connectivity index (χ2v) is 5.63. The Morgan fingerprint density at radius 2 is 2.30 bits per heavy atom. The first kappa shape index (κ1) is 15.7. The quantitative estimate of drug-likeness (QED) is 0.887. The second-order valence-electron chi connectivity index (χ2n) is 5.63. The van der Waals surface area contributed by atoms with E-state index in [9.17, 15) is 13.6 Å². The van der Waals surface area contributed by atoms with Gasteiger partial charge in [0.2, 0.25) is 0 Å². The SMILES string of the molecule is O=C(NC[C@H]1CCCN1CC(F)F)Nc1ccn2ccnc2c1. The lowest BCUT2D eigenvalue weighted by Gasteiger charge is -2.24. The molecule has 8 heteroatoms. The van der Waals surface area contributed by atoms with E-state index < -0.39 is 6.43 Å². The van der Waals surface area contributed by atoms with Crippen molar-refractivity contribution in [1.29, 1.82) is 0 Å². The Labute approximate surface area is 132 Å². The van der Waals surface area contributed by atoms with Crippen molar-refractivity contribution >= 4 is 17.4 Å². The zero-order valence-electron chi connectivity index (χ0n) is 12.6. The molecule has 1 aliphatic rings. The van der Waals surface area contributed by atoms with Gasteiger partial charge in [-0.3, -0.25) is 4.90 Å². The van der Waals surface area contributed by atoms with Gasteiger partial charge in [0.15, 0.2) is 0 Å². The molecule has 2 amide bonds. The van der Waals surface area contributed by atoms with Gasteiger partial charge in [0.05, 0.1) is 6.54 Å². The number of amides is 2. The average molecular weight is 323 g/mol. The van der Waals surface area contributed by atoms with Crippen LogP contribution in [0.3, 0.4) is 0 Å². The van der Waals surface area contributed by atoms with Crippen molar-refractivity contribution in [1.82, 2.24) is 19.6 Å². The zero-order chi connectivity index (χ0) is 16.2. The maximum absolute atomic E-state index is 12.5. The number of likely N-dealkylation sites (tertiary alicyclic amines) is 1. The van der Waals surface area contributed by atoms with Crippen LogP contribution in [0, 0.1) is 0 Å². The predicted molar refractivity (Wildman–Crippen MR) is 82.8 cm³/mol. The largest absolute Gasteiger partial charge is 0.336 e. The standard InChI is InChI=1S/C15H19F2N5O/c16-13(17)10-22-5-1-2-12(22)9-19-15(23)20-11-3-6-21-7-4-18-14(21)8-11/h3-4,6-8,12-13H,1-2,5,9-10H2,(H2,19,20,23)/t12-/m1/s1. The summed E-state index contributed by atoms with van der Waals surface area (Å²) in [6.45, 7) is 0.795. The van der Waals surface area contributed by atoms with Gasteiger partial charge >= 0.3 is 6.03 Å². The van der Waals surface area contributed by atoms with Gasteiger partial charge in [-0.1, -0.05) is 0 Å². The third-order valence-electron chi connectivity index (χ3n) is 4.03. The van der Waals surface area contributed by atoms with Crippen LogP contribution in [0.2, 0.25) is 0 Å². The summed E-state index contributed by atoms with van der Waals surface area (Å²) in [4.78, 5) is 17.8. The van der Waals surface area contributed by atoms with E-state index in [1.54, 1.807) is 29.4 Å². The molecule has 0 saturated carbocycles. The van der Waals surface area contributed by atoms with Crippen molar-refractivity contribution in [2.75, 3.05) is 25.0 Å². The Morgan fingerprint density at radius 1 is 1.43 bits per heavy atom. The maximum Gasteiger partial charge on any atom is 0.319 e. The molecule has 23 heavy (non-hydrogen) atoms. The Balaban J connectivity index is 1.51. The normalized spacial score (nSPS) is 18.7. The minimum absolute atomic E-state index is 0.0236. The summed E-state index contributed by atoms with van der Waals surface area (Å²) in [5, 5.41) is 5.49. The highest BCUT2D eigenvalue weighted by Crippen LogP contribution is 2.17. The molecule has 0 aliphatic carbocycles. The molecule has 1 aliphatic heterocycles. The summed E-state index contributed by atoms with van der Waals surface area (Å²) in [5.74, 6) is 0. The highest BCUT2D eigenvalue weighted by molar-refractivity contribution is 5.89. The second kappa shape index (κ2) is 6.91. The highest BCUT2D eigenvalue weighted by Gasteiger charge is 2.26. The molecule has 1 saturated heterocycles. The van der Waals surface area contributed by atoms with Gasteiger partial charge < -0.3 is 15.0 Å². The molecule has 0 aromatic carbocycles. The van der Waals surface area contributed by atoms with Crippen LogP contribution in [0.25, 0.3) is 5.65 Å². The van der Waals surface area contributed by atoms with Crippen molar-refractivity contribution in [3.05, 3.63) is 30.7 Å². The van der Waals surface area contributed by atoms with Crippen molar-refractivity contribution in [3.63, 3.8) is 0 Å². The summed E-state index contributed by atoms with van der Waals surface area (Å²) in [6.07, 6.45) is 4.67. The average Bonchev–Trinajstić information content (AvgIpc) is 3.13. The van der Waals surface area contributed by atoms with Gasteiger partial charge in [0.25, 0.3) is 6.43 Å². The number of hydrogen-bond donors (Lipinski definition) is 2. The number of carbonyl (C=O) groups excluding carboxylic acids is 1. The number of hydrogen-bond acceptors (Lipinski definition) is 3. The van der Waals surface area contributed by atoms with Gasteiger partial charge in [-0.25, -0.2) is 18.6 Å². The number of nitrogens with one attached hydrogen (secondary N) is 2. The summed E-state index contributed by atoms with van der Waals surface area (Å²) in [5.41, 5.74) is 1.37. The fraction of sp³-hybridized carbons (Fsp3) is 0.467. The van der Waals surface area contributed by atoms with E-state index in [-0.39, 0.29) is 18.6 Å². The number of imidazole rings is 1. The number of rotatable bonds is 5. The number of anilines is 1. The fourth-order valence-corrected chi connectivity index (χ4v) is 2.92. The first-order valence-electron chi connectivity index (χ1n) is 7.61. The lowest BCUT2D eigenvalue weighted by atomic mass is 10.2. The lowest BCUT2D eigenvalue weighted by Crippen LogP contribution is -2.43. The van der Waals surface area contributed by atoms with Gasteiger partial charge in [-0.15, -0.1) is 0 Å². The summed E-state index contributed by atoms with van der Waals surface area (Å²) in [6, 6.07) is 3.17. The Bertz CT molecular complexity index is 675. The molecular weight excluding hydrogens is 304 g/mol. The molecule has 0 unspecified atom stereocenters. The van der Waals surface area contributed by atoms with E-state index in [0.29, 0.717) is 18.8 Å². The number of pyridine rings is 1. The number of urea groups is 1. The Morgan fingerprint density at radius 3 is 3.13 bits per heavy atom. The predicted octanol–water partition coefficient (Wildman–Crippen LogP) is 2.19. The van der Waals surface area contributed by atoms with Crippen LogP contribution in [0.4, 0.5) is 19.3 Å². The maximum atomic E-state index is 12.5. The highest BCUT2D eigenvalue weighted by atomic mass is 19.3. The molecule has 0 bridgehead atoms. The number of nitrogens with zero attached hydrogens (tertiary/aromatic N) is 3. The van der Waals surface area contributed by atoms with Crippen LogP contribution >= 0.6 is 0 Å². The van der Waals surface area contributed by atoms with E-state index in [1.165, 1.54) is 0 Å². The number of aromatic nitrogens is 2. The third kappa shape index (κ3) is 3.95. The monoisotopic (exact) mass is 323 g/mol. The molecule has 6 nitrogen and oxygen atoms in total. The summed E-state index contributed by atoms with van der Waals surface area (Å²) >= 11 is 0. The van der Waals surface area contributed by atoms with E-state index in [0.717, 1.165) is 18.5 Å². The molecule has 3 rings (SSSR count). The number of halogens is 2. The minimum atomic E-state index is -2.34. The smallest absolute Gasteiger partial charge is 0.319 e. The summed E-state index contributed by atoms with van der Waals surface area (Å²) in [7, 11) is 0. The van der Waals surface area contributed by atoms with Crippen molar-refractivity contribution in [2.45, 2.75) is 25.3 Å². The molecule has 2 aromatic rings. The van der Waals surface area contributed by atoms with E-state index >= 15 is 0 Å². The van der Waals surface area contributed by atoms with Crippen LogP contribution in [0.1, 0.15) is 12.8 Å². The van der Waals surface area contributed by atoms with Crippen molar-refractivity contribution in [3.8, 4) is 0 Å². The lowest BCUT2D eigenvalue weighted by molar-refractivity contribution is 0.0826. The Kier molecular flexibility index (Phi) is 4.71.